The number of benzene rings is 2. The molecule has 1 heterocycles. The van der Waals surface area contributed by atoms with E-state index < -0.39 is 0 Å². The SMILES string of the molecule is CC(NC(=O)c1ccc[nH]c1=S)c1ccc2ccccc2c1. The minimum absolute atomic E-state index is 0.0910. The van der Waals surface area contributed by atoms with Crippen molar-refractivity contribution < 1.29 is 4.79 Å². The highest BCUT2D eigenvalue weighted by Gasteiger charge is 2.12. The summed E-state index contributed by atoms with van der Waals surface area (Å²) in [5, 5.41) is 5.35. The summed E-state index contributed by atoms with van der Waals surface area (Å²) in [4.78, 5) is 15.2. The van der Waals surface area contributed by atoms with Crippen LogP contribution in [-0.4, -0.2) is 10.9 Å². The van der Waals surface area contributed by atoms with Gasteiger partial charge in [0.25, 0.3) is 5.91 Å². The van der Waals surface area contributed by atoms with E-state index in [2.05, 4.69) is 34.6 Å². The van der Waals surface area contributed by atoms with Crippen LogP contribution in [-0.2, 0) is 0 Å². The minimum Gasteiger partial charge on any atom is -0.352 e. The molecule has 0 aliphatic rings. The molecule has 0 spiro atoms. The first-order valence-electron chi connectivity index (χ1n) is 7.12. The monoisotopic (exact) mass is 308 g/mol. The highest BCUT2D eigenvalue weighted by atomic mass is 32.1. The van der Waals surface area contributed by atoms with Crippen molar-refractivity contribution in [1.82, 2.24) is 10.3 Å². The number of hydrogen-bond acceptors (Lipinski definition) is 2. The molecule has 0 saturated heterocycles. The number of aromatic amines is 1. The number of amides is 1. The largest absolute Gasteiger partial charge is 0.352 e. The second-order valence-electron chi connectivity index (χ2n) is 5.21. The van der Waals surface area contributed by atoms with Crippen LogP contribution in [0.1, 0.15) is 28.9 Å². The van der Waals surface area contributed by atoms with Gasteiger partial charge in [-0.3, -0.25) is 4.79 Å². The first kappa shape index (κ1) is 14.5. The van der Waals surface area contributed by atoms with Crippen LogP contribution in [0, 0.1) is 4.64 Å². The summed E-state index contributed by atoms with van der Waals surface area (Å²) in [7, 11) is 0. The third-order valence-corrected chi connectivity index (χ3v) is 4.02. The van der Waals surface area contributed by atoms with Crippen LogP contribution in [0.3, 0.4) is 0 Å². The van der Waals surface area contributed by atoms with Crippen LogP contribution in [0.2, 0.25) is 0 Å². The fourth-order valence-electron chi connectivity index (χ4n) is 2.44. The molecule has 22 heavy (non-hydrogen) atoms. The molecule has 0 radical (unpaired) electrons. The van der Waals surface area contributed by atoms with Gasteiger partial charge in [0.15, 0.2) is 0 Å². The zero-order valence-electron chi connectivity index (χ0n) is 12.2. The number of carbonyl (C=O) groups is 1. The lowest BCUT2D eigenvalue weighted by molar-refractivity contribution is 0.0939. The maximum atomic E-state index is 12.3. The molecule has 110 valence electrons. The Bertz CT molecular complexity index is 885. The smallest absolute Gasteiger partial charge is 0.254 e. The van der Waals surface area contributed by atoms with E-state index in [4.69, 9.17) is 12.2 Å². The Kier molecular flexibility index (Phi) is 4.02. The number of pyridine rings is 1. The van der Waals surface area contributed by atoms with E-state index in [1.54, 1.807) is 18.3 Å². The molecule has 1 unspecified atom stereocenters. The van der Waals surface area contributed by atoms with Gasteiger partial charge in [0.1, 0.15) is 4.64 Å². The molecular formula is C18H16N2OS. The molecule has 3 aromatic rings. The quantitative estimate of drug-likeness (QED) is 0.705. The molecule has 0 bridgehead atoms. The summed E-state index contributed by atoms with van der Waals surface area (Å²) in [6.07, 6.45) is 1.71. The van der Waals surface area contributed by atoms with E-state index in [9.17, 15) is 4.79 Å². The molecule has 3 rings (SSSR count). The lowest BCUT2D eigenvalue weighted by Gasteiger charge is -2.15. The normalized spacial score (nSPS) is 12.0. The van der Waals surface area contributed by atoms with Gasteiger partial charge < -0.3 is 10.3 Å². The van der Waals surface area contributed by atoms with Crippen LogP contribution in [0.5, 0.6) is 0 Å². The molecule has 0 aliphatic heterocycles. The number of fused-ring (bicyclic) bond motifs is 1. The molecule has 1 atom stereocenters. The van der Waals surface area contributed by atoms with Gasteiger partial charge in [-0.1, -0.05) is 48.6 Å². The number of rotatable bonds is 3. The third kappa shape index (κ3) is 2.92. The summed E-state index contributed by atoms with van der Waals surface area (Å²) in [5.41, 5.74) is 1.56. The number of nitrogens with one attached hydrogen (secondary N) is 2. The van der Waals surface area contributed by atoms with Gasteiger partial charge in [-0.25, -0.2) is 0 Å². The average molecular weight is 308 g/mol. The number of aromatic nitrogens is 1. The van der Waals surface area contributed by atoms with Crippen molar-refractivity contribution in [2.75, 3.05) is 0 Å². The highest BCUT2D eigenvalue weighted by molar-refractivity contribution is 7.71. The Balaban J connectivity index is 1.84. The fourth-order valence-corrected chi connectivity index (χ4v) is 2.66. The Morgan fingerprint density at radius 3 is 2.64 bits per heavy atom. The van der Waals surface area contributed by atoms with Crippen molar-refractivity contribution in [2.45, 2.75) is 13.0 Å². The molecule has 0 saturated carbocycles. The second kappa shape index (κ2) is 6.12. The summed E-state index contributed by atoms with van der Waals surface area (Å²) in [6.45, 7) is 1.97. The van der Waals surface area contributed by atoms with Gasteiger partial charge in [-0.2, -0.15) is 0 Å². The van der Waals surface area contributed by atoms with Gasteiger partial charge in [0.2, 0.25) is 0 Å². The third-order valence-electron chi connectivity index (χ3n) is 3.68. The molecule has 0 fully saturated rings. The zero-order chi connectivity index (χ0) is 15.5. The van der Waals surface area contributed by atoms with Gasteiger partial charge in [0.05, 0.1) is 11.6 Å². The van der Waals surface area contributed by atoms with Gasteiger partial charge in [-0.05, 0) is 41.5 Å². The average Bonchev–Trinajstić information content (AvgIpc) is 2.54. The van der Waals surface area contributed by atoms with E-state index in [1.807, 2.05) is 25.1 Å². The molecule has 2 aromatic carbocycles. The molecule has 0 aliphatic carbocycles. The van der Waals surface area contributed by atoms with Crippen molar-refractivity contribution >= 4 is 28.9 Å². The van der Waals surface area contributed by atoms with E-state index in [-0.39, 0.29) is 11.9 Å². The first-order valence-corrected chi connectivity index (χ1v) is 7.53. The Labute approximate surface area is 134 Å². The minimum atomic E-state index is -0.164. The zero-order valence-corrected chi connectivity index (χ0v) is 13.0. The standard InChI is InChI=1S/C18H16N2OS/c1-12(20-17(21)16-7-4-10-19-18(16)22)14-9-8-13-5-2-3-6-15(13)11-14/h2-12H,1H3,(H,19,22)(H,20,21). The maximum Gasteiger partial charge on any atom is 0.254 e. The van der Waals surface area contributed by atoms with Gasteiger partial charge >= 0.3 is 0 Å². The summed E-state index contributed by atoms with van der Waals surface area (Å²) >= 11 is 5.14. The van der Waals surface area contributed by atoms with E-state index >= 15 is 0 Å². The van der Waals surface area contributed by atoms with Gasteiger partial charge in [0, 0.05) is 6.20 Å². The van der Waals surface area contributed by atoms with Gasteiger partial charge in [-0.15, -0.1) is 0 Å². The lowest BCUT2D eigenvalue weighted by atomic mass is 10.0. The summed E-state index contributed by atoms with van der Waals surface area (Å²) in [6, 6.07) is 17.8. The number of carbonyl (C=O) groups excluding carboxylic acids is 1. The summed E-state index contributed by atoms with van der Waals surface area (Å²) < 4.78 is 0.450. The lowest BCUT2D eigenvalue weighted by Crippen LogP contribution is -2.27. The second-order valence-corrected chi connectivity index (χ2v) is 5.62. The maximum absolute atomic E-state index is 12.3. The predicted molar refractivity (Wildman–Crippen MR) is 91.5 cm³/mol. The Morgan fingerprint density at radius 1 is 1.09 bits per heavy atom. The molecule has 1 aromatic heterocycles. The van der Waals surface area contributed by atoms with E-state index in [1.165, 1.54) is 5.39 Å². The highest BCUT2D eigenvalue weighted by Crippen LogP contribution is 2.20. The Morgan fingerprint density at radius 2 is 1.86 bits per heavy atom. The molecular weight excluding hydrogens is 292 g/mol. The van der Waals surface area contributed by atoms with Crippen molar-refractivity contribution in [3.63, 3.8) is 0 Å². The molecule has 3 nitrogen and oxygen atoms in total. The van der Waals surface area contributed by atoms with E-state index in [0.29, 0.717) is 10.2 Å². The topological polar surface area (TPSA) is 44.9 Å². The van der Waals surface area contributed by atoms with Crippen LogP contribution in [0.25, 0.3) is 10.8 Å². The van der Waals surface area contributed by atoms with Crippen LogP contribution in [0.4, 0.5) is 0 Å². The van der Waals surface area contributed by atoms with Crippen molar-refractivity contribution in [3.05, 3.63) is 76.6 Å². The molecule has 2 N–H and O–H groups in total. The van der Waals surface area contributed by atoms with E-state index in [0.717, 1.165) is 10.9 Å². The molecule has 1 amide bonds. The summed E-state index contributed by atoms with van der Waals surface area (Å²) in [5.74, 6) is -0.164. The van der Waals surface area contributed by atoms with Crippen molar-refractivity contribution in [1.29, 1.82) is 0 Å². The van der Waals surface area contributed by atoms with Crippen LogP contribution in [0.15, 0.2) is 60.8 Å². The predicted octanol–water partition coefficient (Wildman–Crippen LogP) is 4.39. The fraction of sp³-hybridized carbons (Fsp3) is 0.111. The molecule has 4 heteroatoms. The van der Waals surface area contributed by atoms with Crippen LogP contribution >= 0.6 is 12.2 Å². The van der Waals surface area contributed by atoms with Crippen molar-refractivity contribution in [2.24, 2.45) is 0 Å². The number of H-pyrrole nitrogens is 1. The van der Waals surface area contributed by atoms with Crippen molar-refractivity contribution in [3.8, 4) is 0 Å². The Hall–Kier alpha value is -2.46. The van der Waals surface area contributed by atoms with Crippen LogP contribution < -0.4 is 5.32 Å². The first-order chi connectivity index (χ1) is 10.6. The number of hydrogen-bond donors (Lipinski definition) is 2.